The van der Waals surface area contributed by atoms with Crippen LogP contribution >= 0.6 is 0 Å². The molecule has 20 heavy (non-hydrogen) atoms. The highest BCUT2D eigenvalue weighted by molar-refractivity contribution is 5.70. The summed E-state index contributed by atoms with van der Waals surface area (Å²) in [6.07, 6.45) is 1.21. The van der Waals surface area contributed by atoms with Crippen LogP contribution in [0.2, 0.25) is 0 Å². The van der Waals surface area contributed by atoms with Crippen LogP contribution in [0.25, 0.3) is 11.3 Å². The first-order valence-electron chi connectivity index (χ1n) is 6.05. The Kier molecular flexibility index (Phi) is 4.09. The van der Waals surface area contributed by atoms with E-state index in [0.717, 1.165) is 0 Å². The highest BCUT2D eigenvalue weighted by Crippen LogP contribution is 2.29. The largest absolute Gasteiger partial charge is 0.497 e. The molecule has 0 bridgehead atoms. The van der Waals surface area contributed by atoms with Crippen LogP contribution in [0.5, 0.6) is 5.75 Å². The standard InChI is InChI=1S/C13H14N4O3/c1-3-14-13-15-8-11(17(18)19)12(16-13)9-4-6-10(20-2)7-5-9/h4-8H,3H2,1-2H3,(H,14,15,16). The van der Waals surface area contributed by atoms with E-state index in [1.54, 1.807) is 31.4 Å². The number of aromatic nitrogens is 2. The number of anilines is 1. The van der Waals surface area contributed by atoms with Gasteiger partial charge >= 0.3 is 5.69 Å². The fraction of sp³-hybridized carbons (Fsp3) is 0.231. The van der Waals surface area contributed by atoms with Gasteiger partial charge in [0.2, 0.25) is 5.95 Å². The van der Waals surface area contributed by atoms with E-state index in [9.17, 15) is 10.1 Å². The lowest BCUT2D eigenvalue weighted by Crippen LogP contribution is -2.04. The Morgan fingerprint density at radius 3 is 2.60 bits per heavy atom. The van der Waals surface area contributed by atoms with Crippen molar-refractivity contribution in [1.82, 2.24) is 9.97 Å². The van der Waals surface area contributed by atoms with E-state index in [0.29, 0.717) is 23.8 Å². The summed E-state index contributed by atoms with van der Waals surface area (Å²) < 4.78 is 5.07. The fourth-order valence-electron chi connectivity index (χ4n) is 1.71. The van der Waals surface area contributed by atoms with Crippen molar-refractivity contribution in [3.05, 3.63) is 40.6 Å². The number of hydrogen-bond acceptors (Lipinski definition) is 6. The lowest BCUT2D eigenvalue weighted by molar-refractivity contribution is -0.384. The molecule has 104 valence electrons. The fourth-order valence-corrected chi connectivity index (χ4v) is 1.71. The van der Waals surface area contributed by atoms with Gasteiger partial charge in [-0.2, -0.15) is 0 Å². The molecule has 0 saturated carbocycles. The Bertz CT molecular complexity index is 614. The summed E-state index contributed by atoms with van der Waals surface area (Å²) >= 11 is 0. The lowest BCUT2D eigenvalue weighted by Gasteiger charge is -2.06. The van der Waals surface area contributed by atoms with E-state index < -0.39 is 4.92 Å². The molecule has 1 heterocycles. The number of nitro groups is 1. The molecule has 0 spiro atoms. The molecular weight excluding hydrogens is 260 g/mol. The van der Waals surface area contributed by atoms with Gasteiger partial charge in [-0.15, -0.1) is 0 Å². The number of nitrogens with zero attached hydrogens (tertiary/aromatic N) is 3. The van der Waals surface area contributed by atoms with Crippen molar-refractivity contribution in [3.63, 3.8) is 0 Å². The summed E-state index contributed by atoms with van der Waals surface area (Å²) in [5.41, 5.74) is 0.791. The van der Waals surface area contributed by atoms with E-state index in [1.807, 2.05) is 6.92 Å². The number of nitrogens with one attached hydrogen (secondary N) is 1. The molecule has 0 radical (unpaired) electrons. The summed E-state index contributed by atoms with van der Waals surface area (Å²) in [5, 5.41) is 14.0. The van der Waals surface area contributed by atoms with Crippen molar-refractivity contribution in [2.75, 3.05) is 19.0 Å². The van der Waals surface area contributed by atoms with Crippen LogP contribution in [0.4, 0.5) is 11.6 Å². The number of hydrogen-bond donors (Lipinski definition) is 1. The second kappa shape index (κ2) is 5.96. The van der Waals surface area contributed by atoms with Crippen LogP contribution in [-0.2, 0) is 0 Å². The Balaban J connectivity index is 2.50. The van der Waals surface area contributed by atoms with E-state index in [1.165, 1.54) is 6.20 Å². The number of methoxy groups -OCH3 is 1. The summed E-state index contributed by atoms with van der Waals surface area (Å²) in [5.74, 6) is 1.04. The third-order valence-electron chi connectivity index (χ3n) is 2.66. The van der Waals surface area contributed by atoms with Gasteiger partial charge in [0, 0.05) is 12.1 Å². The lowest BCUT2D eigenvalue weighted by atomic mass is 10.1. The molecule has 1 aromatic carbocycles. The van der Waals surface area contributed by atoms with Crippen LogP contribution in [0.1, 0.15) is 6.92 Å². The molecule has 0 fully saturated rings. The molecule has 7 heteroatoms. The normalized spacial score (nSPS) is 10.1. The van der Waals surface area contributed by atoms with Crippen LogP contribution in [0, 0.1) is 10.1 Å². The predicted octanol–water partition coefficient (Wildman–Crippen LogP) is 2.49. The van der Waals surface area contributed by atoms with Crippen molar-refractivity contribution >= 4 is 11.6 Å². The van der Waals surface area contributed by atoms with E-state index in [-0.39, 0.29) is 11.4 Å². The monoisotopic (exact) mass is 274 g/mol. The summed E-state index contributed by atoms with van der Waals surface area (Å²) in [4.78, 5) is 18.7. The number of ether oxygens (including phenoxy) is 1. The minimum Gasteiger partial charge on any atom is -0.497 e. The molecule has 2 aromatic rings. The van der Waals surface area contributed by atoms with Gasteiger partial charge in [-0.3, -0.25) is 10.1 Å². The zero-order valence-corrected chi connectivity index (χ0v) is 11.2. The predicted molar refractivity (Wildman–Crippen MR) is 74.8 cm³/mol. The van der Waals surface area contributed by atoms with E-state index in [4.69, 9.17) is 4.74 Å². The molecular formula is C13H14N4O3. The Morgan fingerprint density at radius 1 is 1.35 bits per heavy atom. The molecule has 0 aliphatic carbocycles. The first kappa shape index (κ1) is 13.7. The summed E-state index contributed by atoms with van der Waals surface area (Å²) in [7, 11) is 1.56. The highest BCUT2D eigenvalue weighted by Gasteiger charge is 2.18. The first-order valence-corrected chi connectivity index (χ1v) is 6.05. The van der Waals surface area contributed by atoms with Gasteiger partial charge in [0.1, 0.15) is 11.9 Å². The van der Waals surface area contributed by atoms with Crippen LogP contribution in [-0.4, -0.2) is 28.5 Å². The quantitative estimate of drug-likeness (QED) is 0.665. The Morgan fingerprint density at radius 2 is 2.05 bits per heavy atom. The molecule has 1 N–H and O–H groups in total. The smallest absolute Gasteiger partial charge is 0.313 e. The van der Waals surface area contributed by atoms with E-state index in [2.05, 4.69) is 15.3 Å². The maximum absolute atomic E-state index is 11.1. The molecule has 2 rings (SSSR count). The van der Waals surface area contributed by atoms with Crippen molar-refractivity contribution in [2.24, 2.45) is 0 Å². The Labute approximate surface area is 115 Å². The summed E-state index contributed by atoms with van der Waals surface area (Å²) in [6, 6.07) is 6.91. The summed E-state index contributed by atoms with van der Waals surface area (Å²) in [6.45, 7) is 2.54. The second-order valence-electron chi connectivity index (χ2n) is 3.94. The highest BCUT2D eigenvalue weighted by atomic mass is 16.6. The van der Waals surface area contributed by atoms with Crippen LogP contribution in [0.15, 0.2) is 30.5 Å². The van der Waals surface area contributed by atoms with Gasteiger partial charge in [-0.25, -0.2) is 9.97 Å². The molecule has 0 amide bonds. The maximum Gasteiger partial charge on any atom is 0.313 e. The SMILES string of the molecule is CCNc1ncc([N+](=O)[O-])c(-c2ccc(OC)cc2)n1. The molecule has 0 atom stereocenters. The number of benzene rings is 1. The van der Waals surface area contributed by atoms with Crippen molar-refractivity contribution in [3.8, 4) is 17.0 Å². The zero-order chi connectivity index (χ0) is 14.5. The Hall–Kier alpha value is -2.70. The first-order chi connectivity index (χ1) is 9.65. The molecule has 0 saturated heterocycles. The topological polar surface area (TPSA) is 90.2 Å². The molecule has 0 aliphatic rings. The van der Waals surface area contributed by atoms with E-state index >= 15 is 0 Å². The van der Waals surface area contributed by atoms with Gasteiger partial charge in [0.05, 0.1) is 12.0 Å². The minimum atomic E-state index is -0.491. The third kappa shape index (κ3) is 2.82. The minimum absolute atomic E-state index is 0.128. The van der Waals surface area contributed by atoms with Gasteiger partial charge in [-0.05, 0) is 31.2 Å². The van der Waals surface area contributed by atoms with Crippen molar-refractivity contribution in [2.45, 2.75) is 6.92 Å². The van der Waals surface area contributed by atoms with Gasteiger partial charge < -0.3 is 10.1 Å². The molecule has 0 unspecified atom stereocenters. The number of rotatable bonds is 5. The second-order valence-corrected chi connectivity index (χ2v) is 3.94. The average Bonchev–Trinajstić information content (AvgIpc) is 2.47. The molecule has 1 aromatic heterocycles. The van der Waals surface area contributed by atoms with Gasteiger partial charge in [0.15, 0.2) is 5.69 Å². The third-order valence-corrected chi connectivity index (χ3v) is 2.66. The maximum atomic E-state index is 11.1. The van der Waals surface area contributed by atoms with Crippen LogP contribution in [0.3, 0.4) is 0 Å². The average molecular weight is 274 g/mol. The van der Waals surface area contributed by atoms with Gasteiger partial charge in [-0.1, -0.05) is 0 Å². The zero-order valence-electron chi connectivity index (χ0n) is 11.2. The molecule has 7 nitrogen and oxygen atoms in total. The van der Waals surface area contributed by atoms with Crippen molar-refractivity contribution < 1.29 is 9.66 Å². The van der Waals surface area contributed by atoms with Gasteiger partial charge in [0.25, 0.3) is 0 Å². The molecule has 0 aliphatic heterocycles. The van der Waals surface area contributed by atoms with Crippen LogP contribution < -0.4 is 10.1 Å². The van der Waals surface area contributed by atoms with Crippen molar-refractivity contribution in [1.29, 1.82) is 0 Å².